The Morgan fingerprint density at radius 1 is 0.947 bits per heavy atom. The first kappa shape index (κ1) is 28.9. The average Bonchev–Trinajstić information content (AvgIpc) is 3.18. The Morgan fingerprint density at radius 3 is 2.42 bits per heavy atom. The number of unbranched alkanes of at least 4 members (excludes halogenated alkanes) is 5. The Labute approximate surface area is 239 Å². The zero-order valence-electron chi connectivity index (χ0n) is 24.2. The van der Waals surface area contributed by atoms with Crippen LogP contribution in [0.2, 0.25) is 0 Å². The van der Waals surface area contributed by atoms with E-state index in [0.29, 0.717) is 23.1 Å². The molecular weight excluding hydrogens is 538 g/mol. The van der Waals surface area contributed by atoms with Gasteiger partial charge in [-0.3, -0.25) is 0 Å². The molecule has 0 bridgehead atoms. The number of aliphatic hydroxyl groups is 1. The maximum Gasteiger partial charge on any atom is 0.218 e. The fraction of sp³-hybridized carbons (Fsp3) is 0.935. The Morgan fingerprint density at radius 2 is 1.68 bits per heavy atom. The van der Waals surface area contributed by atoms with Crippen molar-refractivity contribution in [3.8, 4) is 0 Å². The van der Waals surface area contributed by atoms with Gasteiger partial charge < -0.3 is 22.3 Å². The van der Waals surface area contributed by atoms with Crippen LogP contribution >= 0.6 is 15.9 Å². The molecule has 1 aliphatic heterocycles. The summed E-state index contributed by atoms with van der Waals surface area (Å²) in [5.41, 5.74) is 19.7. The second kappa shape index (κ2) is 11.0. The number of halogens is 1. The molecule has 0 aromatic heterocycles. The molecule has 7 heteroatoms. The largest absolute Gasteiger partial charge is 0.393 e. The summed E-state index contributed by atoms with van der Waals surface area (Å²) in [6, 6.07) is 0. The van der Waals surface area contributed by atoms with E-state index in [1.807, 2.05) is 0 Å². The van der Waals surface area contributed by atoms with Crippen LogP contribution in [0.4, 0.5) is 0 Å². The van der Waals surface area contributed by atoms with Gasteiger partial charge in [0.15, 0.2) is 0 Å². The van der Waals surface area contributed by atoms with Crippen molar-refractivity contribution in [2.45, 2.75) is 134 Å². The van der Waals surface area contributed by atoms with Crippen molar-refractivity contribution in [1.29, 1.82) is 0 Å². The van der Waals surface area contributed by atoms with Crippen molar-refractivity contribution in [2.24, 2.45) is 73.5 Å². The molecule has 11 atom stereocenters. The SMILES string of the molecule is CCCCCCCCC1CCC2C3CC(C4C(N)=NC(N)=NC4N)C4(Br)CC(O)CCC4(C)C3CCC12C. The second-order valence-corrected chi connectivity index (χ2v) is 15.7. The molecule has 4 aliphatic carbocycles. The van der Waals surface area contributed by atoms with Crippen molar-refractivity contribution < 1.29 is 5.11 Å². The number of aliphatic hydroxyl groups excluding tert-OH is 1. The number of amidine groups is 1. The molecule has 11 unspecified atom stereocenters. The normalized spacial score (nSPS) is 48.5. The van der Waals surface area contributed by atoms with E-state index in [4.69, 9.17) is 17.2 Å². The van der Waals surface area contributed by atoms with Crippen LogP contribution < -0.4 is 17.2 Å². The van der Waals surface area contributed by atoms with E-state index in [1.165, 1.54) is 70.6 Å². The van der Waals surface area contributed by atoms with E-state index in [9.17, 15) is 5.11 Å². The van der Waals surface area contributed by atoms with Crippen molar-refractivity contribution in [2.75, 3.05) is 0 Å². The van der Waals surface area contributed by atoms with Gasteiger partial charge in [-0.05, 0) is 98.2 Å². The molecule has 6 nitrogen and oxygen atoms in total. The van der Waals surface area contributed by atoms with Crippen LogP contribution in [0.25, 0.3) is 0 Å². The van der Waals surface area contributed by atoms with Gasteiger partial charge in [-0.2, -0.15) is 0 Å². The lowest BCUT2D eigenvalue weighted by Crippen LogP contribution is -2.67. The molecule has 216 valence electrons. The fourth-order valence-corrected chi connectivity index (χ4v) is 11.9. The van der Waals surface area contributed by atoms with Crippen LogP contribution in [-0.2, 0) is 0 Å². The van der Waals surface area contributed by atoms with Crippen LogP contribution in [0, 0.1) is 46.3 Å². The van der Waals surface area contributed by atoms with E-state index in [0.717, 1.165) is 37.5 Å². The molecule has 5 aliphatic rings. The Kier molecular flexibility index (Phi) is 8.32. The first-order chi connectivity index (χ1) is 18.0. The highest BCUT2D eigenvalue weighted by Gasteiger charge is 2.68. The predicted octanol–water partition coefficient (Wildman–Crippen LogP) is 6.09. The van der Waals surface area contributed by atoms with Gasteiger partial charge in [-0.1, -0.05) is 75.2 Å². The van der Waals surface area contributed by atoms with Gasteiger partial charge in [0.25, 0.3) is 0 Å². The van der Waals surface area contributed by atoms with Crippen LogP contribution in [-0.4, -0.2) is 33.5 Å². The summed E-state index contributed by atoms with van der Waals surface area (Å²) >= 11 is 4.36. The van der Waals surface area contributed by atoms with Crippen LogP contribution in [0.1, 0.15) is 117 Å². The molecule has 7 N–H and O–H groups in total. The lowest BCUT2D eigenvalue weighted by atomic mass is 9.41. The van der Waals surface area contributed by atoms with Gasteiger partial charge in [-0.25, -0.2) is 9.98 Å². The number of hydrogen-bond acceptors (Lipinski definition) is 6. The Balaban J connectivity index is 1.41. The highest BCUT2D eigenvalue weighted by Crippen LogP contribution is 2.72. The minimum Gasteiger partial charge on any atom is -0.393 e. The molecule has 1 heterocycles. The van der Waals surface area contributed by atoms with Gasteiger partial charge in [0.2, 0.25) is 5.96 Å². The monoisotopic (exact) mass is 591 g/mol. The molecule has 4 saturated carbocycles. The molecular formula is C31H54BrN5O. The zero-order chi connectivity index (χ0) is 27.3. The van der Waals surface area contributed by atoms with Crippen molar-refractivity contribution in [1.82, 2.24) is 0 Å². The number of hydrogen-bond donors (Lipinski definition) is 4. The third-order valence-corrected chi connectivity index (χ3v) is 14.4. The summed E-state index contributed by atoms with van der Waals surface area (Å²) in [6.07, 6.45) is 18.1. The smallest absolute Gasteiger partial charge is 0.218 e. The summed E-state index contributed by atoms with van der Waals surface area (Å²) in [5.74, 6) is 3.71. The summed E-state index contributed by atoms with van der Waals surface area (Å²) in [4.78, 5) is 8.89. The number of nitrogens with two attached hydrogens (primary N) is 3. The minimum atomic E-state index is -0.481. The van der Waals surface area contributed by atoms with Crippen LogP contribution in [0.15, 0.2) is 9.98 Å². The number of alkyl halides is 1. The summed E-state index contributed by atoms with van der Waals surface area (Å²) in [7, 11) is 0. The average molecular weight is 593 g/mol. The molecule has 0 radical (unpaired) electrons. The summed E-state index contributed by atoms with van der Waals surface area (Å²) < 4.78 is -0.229. The zero-order valence-corrected chi connectivity index (χ0v) is 25.8. The predicted molar refractivity (Wildman–Crippen MR) is 161 cm³/mol. The summed E-state index contributed by atoms with van der Waals surface area (Å²) in [5, 5.41) is 10.9. The molecule has 0 saturated heterocycles. The number of rotatable bonds is 8. The lowest BCUT2D eigenvalue weighted by molar-refractivity contribution is -0.139. The van der Waals surface area contributed by atoms with Gasteiger partial charge >= 0.3 is 0 Å². The molecule has 0 amide bonds. The maximum absolute atomic E-state index is 10.9. The van der Waals surface area contributed by atoms with Crippen LogP contribution in [0.3, 0.4) is 0 Å². The Hall–Kier alpha value is -0.660. The molecule has 4 fully saturated rings. The van der Waals surface area contributed by atoms with Gasteiger partial charge in [0.1, 0.15) is 12.0 Å². The highest BCUT2D eigenvalue weighted by atomic mass is 79.9. The number of aliphatic imine (C=N–C) groups is 2. The number of guanidine groups is 1. The van der Waals surface area contributed by atoms with E-state index < -0.39 is 6.17 Å². The third kappa shape index (κ3) is 4.68. The second-order valence-electron chi connectivity index (χ2n) is 14.3. The fourth-order valence-electron chi connectivity index (χ4n) is 10.6. The number of nitrogens with zero attached hydrogens (tertiary/aromatic N) is 2. The Bertz CT molecular complexity index is 926. The van der Waals surface area contributed by atoms with E-state index in [1.54, 1.807) is 0 Å². The quantitative estimate of drug-likeness (QED) is 0.201. The lowest BCUT2D eigenvalue weighted by Gasteiger charge is -2.67. The van der Waals surface area contributed by atoms with Gasteiger partial charge in [0, 0.05) is 4.32 Å². The van der Waals surface area contributed by atoms with Crippen LogP contribution in [0.5, 0.6) is 0 Å². The van der Waals surface area contributed by atoms with Crippen molar-refractivity contribution in [3.05, 3.63) is 0 Å². The van der Waals surface area contributed by atoms with Crippen molar-refractivity contribution >= 4 is 27.7 Å². The van der Waals surface area contributed by atoms with E-state index in [2.05, 4.69) is 46.7 Å². The maximum atomic E-state index is 10.9. The first-order valence-electron chi connectivity index (χ1n) is 15.8. The number of fused-ring (bicyclic) bond motifs is 5. The van der Waals surface area contributed by atoms with Crippen molar-refractivity contribution in [3.63, 3.8) is 0 Å². The summed E-state index contributed by atoms with van der Waals surface area (Å²) in [6.45, 7) is 7.46. The molecule has 0 aromatic rings. The first-order valence-corrected chi connectivity index (χ1v) is 16.6. The third-order valence-electron chi connectivity index (χ3n) is 12.6. The van der Waals surface area contributed by atoms with Gasteiger partial charge in [0.05, 0.1) is 12.0 Å². The molecule has 5 rings (SSSR count). The standard InChI is InChI=1S/C31H54BrN5O/c1-4-5-6-7-8-9-10-19-11-12-22-21-17-24(25-26(33)36-28(35)37-27(25)34)31(32)18-20(38)13-16-30(31,3)23(21)14-15-29(19,22)2/h19-26,38H,4-18,33H2,1-3H3,(H4,34,35,36,37). The van der Waals surface area contributed by atoms with E-state index >= 15 is 0 Å². The van der Waals surface area contributed by atoms with Gasteiger partial charge in [-0.15, -0.1) is 0 Å². The molecule has 0 spiro atoms. The van der Waals surface area contributed by atoms with E-state index in [-0.39, 0.29) is 33.6 Å². The molecule has 38 heavy (non-hydrogen) atoms. The topological polar surface area (TPSA) is 123 Å². The molecule has 0 aromatic carbocycles. The highest BCUT2D eigenvalue weighted by molar-refractivity contribution is 9.10. The minimum absolute atomic E-state index is 0.0885.